The second-order valence-electron chi connectivity index (χ2n) is 5.94. The van der Waals surface area contributed by atoms with Crippen molar-refractivity contribution in [2.75, 3.05) is 20.3 Å². The van der Waals surface area contributed by atoms with Crippen LogP contribution in [0.15, 0.2) is 47.3 Å². The Balaban J connectivity index is 1.91. The molecule has 3 aromatic carbocycles. The Hall–Kier alpha value is -2.83. The van der Waals surface area contributed by atoms with Crippen LogP contribution in [0.3, 0.4) is 0 Å². The highest BCUT2D eigenvalue weighted by Gasteiger charge is 2.14. The van der Waals surface area contributed by atoms with E-state index in [2.05, 4.69) is 5.10 Å². The number of methoxy groups -OCH3 is 1. The summed E-state index contributed by atoms with van der Waals surface area (Å²) < 4.78 is 11.8. The molecule has 6 nitrogen and oxygen atoms in total. The summed E-state index contributed by atoms with van der Waals surface area (Å²) in [6, 6.07) is 13.3. The Kier molecular flexibility index (Phi) is 3.91. The van der Waals surface area contributed by atoms with E-state index in [1.807, 2.05) is 36.4 Å². The molecule has 0 aliphatic rings. The van der Waals surface area contributed by atoms with E-state index in [1.165, 1.54) is 4.68 Å². The maximum absolute atomic E-state index is 12.8. The Labute approximate surface area is 143 Å². The zero-order chi connectivity index (χ0) is 17.4. The van der Waals surface area contributed by atoms with Gasteiger partial charge in [0.25, 0.3) is 5.56 Å². The standard InChI is InChI=1S/C19H18N2O4/c1-24-6-7-25-11-21-19(23)18-15-9-13-5-3-2-4-12(13)8-14(15)17(22)10-16(18)20-21/h2-5,8-10,20,22H,6-7,11H2,1H3. The van der Waals surface area contributed by atoms with Crippen LogP contribution in [0.2, 0.25) is 0 Å². The van der Waals surface area contributed by atoms with Gasteiger partial charge in [0.15, 0.2) is 0 Å². The molecular weight excluding hydrogens is 320 g/mol. The summed E-state index contributed by atoms with van der Waals surface area (Å²) in [7, 11) is 1.59. The molecule has 6 heteroatoms. The molecular formula is C19H18N2O4. The van der Waals surface area contributed by atoms with Gasteiger partial charge in [0.2, 0.25) is 0 Å². The van der Waals surface area contributed by atoms with E-state index in [0.717, 1.165) is 16.2 Å². The molecule has 4 aromatic rings. The molecule has 0 saturated carbocycles. The summed E-state index contributed by atoms with van der Waals surface area (Å²) in [6.07, 6.45) is 0. The lowest BCUT2D eigenvalue weighted by Gasteiger charge is -2.05. The monoisotopic (exact) mass is 338 g/mol. The van der Waals surface area contributed by atoms with Crippen LogP contribution >= 0.6 is 0 Å². The smallest absolute Gasteiger partial charge is 0.277 e. The molecule has 0 spiro atoms. The van der Waals surface area contributed by atoms with Gasteiger partial charge in [-0.05, 0) is 22.9 Å². The molecule has 4 rings (SSSR count). The molecule has 0 bridgehead atoms. The Morgan fingerprint density at radius 3 is 2.52 bits per heavy atom. The number of aromatic amines is 1. The molecule has 1 heterocycles. The average molecular weight is 338 g/mol. The predicted octanol–water partition coefficient (Wildman–Crippen LogP) is 2.96. The quantitative estimate of drug-likeness (QED) is 0.433. The van der Waals surface area contributed by atoms with E-state index >= 15 is 0 Å². The third-order valence-corrected chi connectivity index (χ3v) is 4.35. The molecule has 0 atom stereocenters. The number of nitrogens with one attached hydrogen (secondary N) is 1. The lowest BCUT2D eigenvalue weighted by atomic mass is 10.0. The topological polar surface area (TPSA) is 76.5 Å². The van der Waals surface area contributed by atoms with Crippen LogP contribution in [-0.4, -0.2) is 35.2 Å². The summed E-state index contributed by atoms with van der Waals surface area (Å²) >= 11 is 0. The van der Waals surface area contributed by atoms with Gasteiger partial charge in [-0.15, -0.1) is 0 Å². The number of fused-ring (bicyclic) bond motifs is 4. The van der Waals surface area contributed by atoms with E-state index in [1.54, 1.807) is 13.2 Å². The fourth-order valence-electron chi connectivity index (χ4n) is 3.13. The Morgan fingerprint density at radius 1 is 1.08 bits per heavy atom. The van der Waals surface area contributed by atoms with Crippen LogP contribution in [0, 0.1) is 0 Å². The lowest BCUT2D eigenvalue weighted by molar-refractivity contribution is 0.0278. The summed E-state index contributed by atoms with van der Waals surface area (Å²) in [5.74, 6) is 0.141. The van der Waals surface area contributed by atoms with E-state index < -0.39 is 0 Å². The number of hydrogen-bond donors (Lipinski definition) is 2. The molecule has 0 aliphatic heterocycles. The number of H-pyrrole nitrogens is 1. The van der Waals surface area contributed by atoms with Gasteiger partial charge in [0.05, 0.1) is 24.1 Å². The highest BCUT2D eigenvalue weighted by atomic mass is 16.5. The zero-order valence-electron chi connectivity index (χ0n) is 13.8. The highest BCUT2D eigenvalue weighted by Crippen LogP contribution is 2.33. The molecule has 0 unspecified atom stereocenters. The fourth-order valence-corrected chi connectivity index (χ4v) is 3.13. The van der Waals surface area contributed by atoms with Crippen LogP contribution in [0.5, 0.6) is 5.75 Å². The minimum Gasteiger partial charge on any atom is -0.507 e. The minimum atomic E-state index is -0.173. The van der Waals surface area contributed by atoms with Crippen LogP contribution < -0.4 is 5.56 Å². The molecule has 0 radical (unpaired) electrons. The first-order chi connectivity index (χ1) is 12.2. The van der Waals surface area contributed by atoms with Gasteiger partial charge in [-0.1, -0.05) is 24.3 Å². The number of hydrogen-bond acceptors (Lipinski definition) is 4. The van der Waals surface area contributed by atoms with Crippen molar-refractivity contribution in [3.05, 3.63) is 52.8 Å². The second-order valence-corrected chi connectivity index (χ2v) is 5.94. The van der Waals surface area contributed by atoms with Crippen LogP contribution in [-0.2, 0) is 16.2 Å². The number of benzene rings is 3. The van der Waals surface area contributed by atoms with Crippen molar-refractivity contribution < 1.29 is 14.6 Å². The van der Waals surface area contributed by atoms with Gasteiger partial charge in [-0.2, -0.15) is 0 Å². The van der Waals surface area contributed by atoms with Gasteiger partial charge in [-0.25, -0.2) is 4.68 Å². The average Bonchev–Trinajstić information content (AvgIpc) is 2.93. The summed E-state index contributed by atoms with van der Waals surface area (Å²) in [6.45, 7) is 0.965. The van der Waals surface area contributed by atoms with Crippen molar-refractivity contribution >= 4 is 32.4 Å². The summed E-state index contributed by atoms with van der Waals surface area (Å²) in [5, 5.41) is 17.4. The summed E-state index contributed by atoms with van der Waals surface area (Å²) in [4.78, 5) is 12.8. The Bertz CT molecular complexity index is 1130. The Morgan fingerprint density at radius 2 is 1.80 bits per heavy atom. The first kappa shape index (κ1) is 15.7. The third-order valence-electron chi connectivity index (χ3n) is 4.35. The number of aromatic hydroxyl groups is 1. The number of aromatic nitrogens is 2. The summed E-state index contributed by atoms with van der Waals surface area (Å²) in [5.41, 5.74) is 0.410. The highest BCUT2D eigenvalue weighted by molar-refractivity contribution is 6.13. The molecule has 0 saturated heterocycles. The van der Waals surface area contributed by atoms with Crippen molar-refractivity contribution in [1.29, 1.82) is 0 Å². The molecule has 2 N–H and O–H groups in total. The number of rotatable bonds is 5. The van der Waals surface area contributed by atoms with E-state index in [4.69, 9.17) is 9.47 Å². The molecule has 0 fully saturated rings. The maximum Gasteiger partial charge on any atom is 0.277 e. The number of phenols is 1. The first-order valence-electron chi connectivity index (χ1n) is 8.02. The largest absolute Gasteiger partial charge is 0.507 e. The fraction of sp³-hybridized carbons (Fsp3) is 0.211. The van der Waals surface area contributed by atoms with E-state index in [-0.39, 0.29) is 18.0 Å². The van der Waals surface area contributed by atoms with Gasteiger partial charge >= 0.3 is 0 Å². The van der Waals surface area contributed by atoms with Crippen molar-refractivity contribution in [3.8, 4) is 5.75 Å². The van der Waals surface area contributed by atoms with Crippen molar-refractivity contribution in [1.82, 2.24) is 9.78 Å². The molecule has 0 amide bonds. The lowest BCUT2D eigenvalue weighted by Crippen LogP contribution is -2.19. The van der Waals surface area contributed by atoms with Crippen molar-refractivity contribution in [3.63, 3.8) is 0 Å². The van der Waals surface area contributed by atoms with E-state index in [0.29, 0.717) is 29.5 Å². The third kappa shape index (κ3) is 2.65. The van der Waals surface area contributed by atoms with Crippen molar-refractivity contribution in [2.45, 2.75) is 6.73 Å². The normalized spacial score (nSPS) is 11.7. The van der Waals surface area contributed by atoms with Crippen LogP contribution in [0.25, 0.3) is 32.4 Å². The second kappa shape index (κ2) is 6.23. The van der Waals surface area contributed by atoms with Crippen LogP contribution in [0.1, 0.15) is 0 Å². The molecule has 25 heavy (non-hydrogen) atoms. The maximum atomic E-state index is 12.8. The van der Waals surface area contributed by atoms with Gasteiger partial charge in [0.1, 0.15) is 12.5 Å². The van der Waals surface area contributed by atoms with Gasteiger partial charge in [0, 0.05) is 23.9 Å². The number of phenolic OH excluding ortho intramolecular Hbond substituents is 1. The van der Waals surface area contributed by atoms with Gasteiger partial charge < -0.3 is 14.6 Å². The number of ether oxygens (including phenoxy) is 2. The molecule has 0 aliphatic carbocycles. The van der Waals surface area contributed by atoms with Crippen molar-refractivity contribution in [2.24, 2.45) is 0 Å². The SMILES string of the molecule is COCCOCn1[nH]c2cc(O)c3cc4ccccc4cc3c2c1=O. The zero-order valence-corrected chi connectivity index (χ0v) is 13.8. The van der Waals surface area contributed by atoms with E-state index in [9.17, 15) is 9.90 Å². The number of nitrogens with zero attached hydrogens (tertiary/aromatic N) is 1. The van der Waals surface area contributed by atoms with Crippen LogP contribution in [0.4, 0.5) is 0 Å². The first-order valence-corrected chi connectivity index (χ1v) is 8.02. The molecule has 128 valence electrons. The molecule has 1 aromatic heterocycles. The minimum absolute atomic E-state index is 0.104. The van der Waals surface area contributed by atoms with Gasteiger partial charge in [-0.3, -0.25) is 9.89 Å². The predicted molar refractivity (Wildman–Crippen MR) is 97.1 cm³/mol.